The second-order valence-corrected chi connectivity index (χ2v) is 13.1. The number of fused-ring (bicyclic) bond motifs is 2. The molecular weight excluding hydrogens is 488 g/mol. The first-order valence-corrected chi connectivity index (χ1v) is 15.1. The molecule has 2 unspecified atom stereocenters. The van der Waals surface area contributed by atoms with Crippen LogP contribution in [0.15, 0.2) is 24.3 Å². The number of cyclic esters (lactones) is 1. The van der Waals surface area contributed by atoms with E-state index in [0.29, 0.717) is 19.7 Å². The molecule has 1 N–H and O–H groups in total. The number of likely N-dealkylation sites (tertiary alicyclic amines) is 1. The van der Waals surface area contributed by atoms with E-state index >= 15 is 0 Å². The average Bonchev–Trinajstić information content (AvgIpc) is 3.18. The summed E-state index contributed by atoms with van der Waals surface area (Å²) in [5.41, 5.74) is 0. The third-order valence-electron chi connectivity index (χ3n) is 8.58. The topological polar surface area (TPSA) is 87.2 Å². The zero-order chi connectivity index (χ0) is 26.6. The number of ether oxygens (including phenoxy) is 1. The number of carbonyl (C=O) groups is 3. The highest BCUT2D eigenvalue weighted by molar-refractivity contribution is 8.02. The normalized spacial score (nSPS) is 35.5. The van der Waals surface area contributed by atoms with Gasteiger partial charge < -0.3 is 19.6 Å². The Balaban J connectivity index is 1.75. The van der Waals surface area contributed by atoms with Crippen molar-refractivity contribution in [1.82, 2.24) is 9.80 Å². The first-order valence-electron chi connectivity index (χ1n) is 14.2. The Hall–Kier alpha value is -1.80. The van der Waals surface area contributed by atoms with Crippen molar-refractivity contribution in [2.75, 3.05) is 26.3 Å². The van der Waals surface area contributed by atoms with Crippen LogP contribution in [0, 0.1) is 11.8 Å². The van der Waals surface area contributed by atoms with E-state index < -0.39 is 27.4 Å². The molecule has 2 amide bonds. The van der Waals surface area contributed by atoms with Gasteiger partial charge in [-0.3, -0.25) is 14.4 Å². The van der Waals surface area contributed by atoms with E-state index in [9.17, 15) is 14.4 Å². The number of unbranched alkanes of at least 4 members (excludes halogenated alkanes) is 3. The quantitative estimate of drug-likeness (QED) is 0.273. The van der Waals surface area contributed by atoms with Crippen molar-refractivity contribution in [2.45, 2.75) is 100 Å². The Morgan fingerprint density at radius 1 is 1.08 bits per heavy atom. The van der Waals surface area contributed by atoms with Crippen LogP contribution in [0.3, 0.4) is 0 Å². The number of hydrogen-bond donors (Lipinski definition) is 1. The maximum absolute atomic E-state index is 14.3. The summed E-state index contributed by atoms with van der Waals surface area (Å²) in [6, 6.07) is -0.563. The number of aliphatic hydroxyl groups is 1. The number of hydrogen-bond acceptors (Lipinski definition) is 6. The third-order valence-corrected chi connectivity index (χ3v) is 10.4. The van der Waals surface area contributed by atoms with Gasteiger partial charge in [0.2, 0.25) is 11.8 Å². The minimum atomic E-state index is -0.809. The zero-order valence-electron chi connectivity index (χ0n) is 22.7. The van der Waals surface area contributed by atoms with Gasteiger partial charge in [0, 0.05) is 30.5 Å². The van der Waals surface area contributed by atoms with Crippen molar-refractivity contribution >= 4 is 29.5 Å². The SMILES string of the molecule is CCCC(C)N1CC=C[C@]23S[C@]4(C)/C=C\CCCCOC(=O)[C@@H]4[C@H]2C(=O)N(CCCCCCO)C3C1=O. The largest absolute Gasteiger partial charge is 0.465 e. The van der Waals surface area contributed by atoms with E-state index in [1.165, 1.54) is 0 Å². The van der Waals surface area contributed by atoms with Crippen molar-refractivity contribution in [3.8, 4) is 0 Å². The van der Waals surface area contributed by atoms with E-state index in [1.54, 1.807) is 16.7 Å². The van der Waals surface area contributed by atoms with Crippen molar-refractivity contribution in [3.63, 3.8) is 0 Å². The minimum absolute atomic E-state index is 0.00526. The molecule has 206 valence electrons. The number of rotatable bonds is 9. The smallest absolute Gasteiger partial charge is 0.311 e. The van der Waals surface area contributed by atoms with Crippen LogP contribution in [0.25, 0.3) is 0 Å². The number of amides is 2. The summed E-state index contributed by atoms with van der Waals surface area (Å²) >= 11 is 1.62. The van der Waals surface area contributed by atoms with Crippen LogP contribution in [0.4, 0.5) is 0 Å². The predicted molar refractivity (Wildman–Crippen MR) is 146 cm³/mol. The van der Waals surface area contributed by atoms with Crippen molar-refractivity contribution < 1.29 is 24.2 Å². The van der Waals surface area contributed by atoms with E-state index in [0.717, 1.165) is 57.8 Å². The number of allylic oxidation sites excluding steroid dienone is 1. The lowest BCUT2D eigenvalue weighted by atomic mass is 9.74. The van der Waals surface area contributed by atoms with E-state index in [4.69, 9.17) is 9.84 Å². The summed E-state index contributed by atoms with van der Waals surface area (Å²) in [6.07, 6.45) is 16.2. The molecule has 0 aliphatic carbocycles. The van der Waals surface area contributed by atoms with Crippen LogP contribution in [-0.2, 0) is 19.1 Å². The van der Waals surface area contributed by atoms with Crippen LogP contribution in [0.5, 0.6) is 0 Å². The third kappa shape index (κ3) is 5.25. The van der Waals surface area contributed by atoms with Gasteiger partial charge in [0.05, 0.1) is 23.2 Å². The van der Waals surface area contributed by atoms with Crippen molar-refractivity contribution in [1.29, 1.82) is 0 Å². The van der Waals surface area contributed by atoms with Crippen LogP contribution in [0.1, 0.15) is 78.6 Å². The molecule has 37 heavy (non-hydrogen) atoms. The molecule has 8 heteroatoms. The fourth-order valence-corrected chi connectivity index (χ4v) is 8.93. The van der Waals surface area contributed by atoms with Gasteiger partial charge in [0.15, 0.2) is 0 Å². The van der Waals surface area contributed by atoms with Gasteiger partial charge in [-0.25, -0.2) is 0 Å². The molecule has 7 nitrogen and oxygen atoms in total. The van der Waals surface area contributed by atoms with Gasteiger partial charge in [-0.2, -0.15) is 0 Å². The fourth-order valence-electron chi connectivity index (χ4n) is 6.77. The van der Waals surface area contributed by atoms with Gasteiger partial charge in [0.25, 0.3) is 0 Å². The van der Waals surface area contributed by atoms with E-state index in [1.807, 2.05) is 11.8 Å². The Morgan fingerprint density at radius 2 is 1.86 bits per heavy atom. The highest BCUT2D eigenvalue weighted by Crippen LogP contribution is 2.65. The monoisotopic (exact) mass is 532 g/mol. The van der Waals surface area contributed by atoms with Gasteiger partial charge in [0.1, 0.15) is 6.04 Å². The molecule has 4 heterocycles. The first kappa shape index (κ1) is 28.2. The standard InChI is InChI=1S/C29H44N2O5S/c1-4-14-21(2)30-18-13-16-29-22(23-27(35)36-20-12-8-5-9-15-28(23,3)37-29)25(33)31(24(29)26(30)34)17-10-6-7-11-19-32/h9,13,15-16,21-24,32H,4-8,10-12,14,17-20H2,1-3H3/b15-9-/t21?,22-,23-,24?,28+,29-/m0/s1. The summed E-state index contributed by atoms with van der Waals surface area (Å²) in [7, 11) is 0. The van der Waals surface area contributed by atoms with Crippen LogP contribution in [0.2, 0.25) is 0 Å². The van der Waals surface area contributed by atoms with Gasteiger partial charge in [-0.1, -0.05) is 50.5 Å². The average molecular weight is 533 g/mol. The molecule has 2 fully saturated rings. The second-order valence-electron chi connectivity index (χ2n) is 11.3. The highest BCUT2D eigenvalue weighted by atomic mass is 32.2. The number of aliphatic hydroxyl groups excluding tert-OH is 1. The molecule has 0 radical (unpaired) electrons. The van der Waals surface area contributed by atoms with Crippen LogP contribution in [-0.4, -0.2) is 80.6 Å². The first-order chi connectivity index (χ1) is 17.8. The lowest BCUT2D eigenvalue weighted by Gasteiger charge is -2.38. The molecule has 0 aromatic rings. The predicted octanol–water partition coefficient (Wildman–Crippen LogP) is 4.10. The van der Waals surface area contributed by atoms with Gasteiger partial charge >= 0.3 is 5.97 Å². The highest BCUT2D eigenvalue weighted by Gasteiger charge is 2.73. The summed E-state index contributed by atoms with van der Waals surface area (Å²) in [4.78, 5) is 45.9. The maximum Gasteiger partial charge on any atom is 0.311 e. The van der Waals surface area contributed by atoms with Gasteiger partial charge in [-0.15, -0.1) is 11.8 Å². The minimum Gasteiger partial charge on any atom is -0.465 e. The fraction of sp³-hybridized carbons (Fsp3) is 0.759. The summed E-state index contributed by atoms with van der Waals surface area (Å²) in [5, 5.41) is 9.14. The second kappa shape index (κ2) is 11.9. The molecule has 1 spiro atoms. The number of nitrogens with zero attached hydrogens (tertiary/aromatic N) is 2. The lowest BCUT2D eigenvalue weighted by molar-refractivity contribution is -0.154. The molecule has 4 rings (SSSR count). The summed E-state index contributed by atoms with van der Waals surface area (Å²) in [5.74, 6) is -1.70. The number of esters is 1. The van der Waals surface area contributed by atoms with Gasteiger partial charge in [-0.05, 0) is 52.4 Å². The molecule has 2 saturated heterocycles. The Morgan fingerprint density at radius 3 is 2.62 bits per heavy atom. The Kier molecular flexibility index (Phi) is 9.10. The Labute approximate surface area is 226 Å². The molecule has 0 bridgehead atoms. The zero-order valence-corrected chi connectivity index (χ0v) is 23.5. The van der Waals surface area contributed by atoms with Crippen molar-refractivity contribution in [3.05, 3.63) is 24.3 Å². The summed E-state index contributed by atoms with van der Waals surface area (Å²) < 4.78 is 4.30. The van der Waals surface area contributed by atoms with E-state index in [2.05, 4.69) is 38.2 Å². The van der Waals surface area contributed by atoms with Crippen LogP contribution >= 0.6 is 11.8 Å². The molecular formula is C29H44N2O5S. The molecule has 6 atom stereocenters. The maximum atomic E-state index is 14.3. The summed E-state index contributed by atoms with van der Waals surface area (Å²) in [6.45, 7) is 7.79. The number of carbonyl (C=O) groups excluding carboxylic acids is 3. The lowest BCUT2D eigenvalue weighted by Crippen LogP contribution is -2.55. The van der Waals surface area contributed by atoms with Crippen molar-refractivity contribution in [2.24, 2.45) is 11.8 Å². The molecule has 4 aliphatic heterocycles. The number of thioether (sulfide) groups is 1. The molecule has 4 aliphatic rings. The van der Waals surface area contributed by atoms with E-state index in [-0.39, 0.29) is 30.4 Å². The molecule has 0 aromatic carbocycles. The molecule has 0 saturated carbocycles. The molecule has 0 aromatic heterocycles. The van der Waals surface area contributed by atoms with Crippen LogP contribution < -0.4 is 0 Å². The Bertz CT molecular complexity index is 922.